The second kappa shape index (κ2) is 16.3. The van der Waals surface area contributed by atoms with E-state index in [1.54, 1.807) is 30.3 Å². The van der Waals surface area contributed by atoms with Crippen LogP contribution in [0.5, 0.6) is 5.75 Å². The van der Waals surface area contributed by atoms with Crippen molar-refractivity contribution in [1.29, 1.82) is 5.26 Å². The molecule has 192 valence electrons. The molecular weight excluding hydrogens is 593 g/mol. The van der Waals surface area contributed by atoms with E-state index >= 15 is 0 Å². The molecular formula is C25H17K2N5O7S. The minimum atomic E-state index is -1.49. The van der Waals surface area contributed by atoms with Crippen LogP contribution in [-0.2, 0) is 0 Å². The maximum Gasteiger partial charge on any atom is 1.00 e. The molecule has 0 aliphatic rings. The Morgan fingerprint density at radius 1 is 0.925 bits per heavy atom. The number of benzene rings is 4. The van der Waals surface area contributed by atoms with Gasteiger partial charge >= 0.3 is 103 Å². The number of nitrogens with zero attached hydrogens (tertiary/aromatic N) is 2. The van der Waals surface area contributed by atoms with Crippen molar-refractivity contribution in [3.63, 3.8) is 0 Å². The first-order valence-electron chi connectivity index (χ1n) is 10.5. The van der Waals surface area contributed by atoms with Crippen LogP contribution in [0.2, 0.25) is 0 Å². The summed E-state index contributed by atoms with van der Waals surface area (Å²) < 4.78 is 3.00. The van der Waals surface area contributed by atoms with Gasteiger partial charge in [-0.25, -0.2) is 0 Å². The fourth-order valence-corrected chi connectivity index (χ4v) is 4.04. The topological polar surface area (TPSA) is 231 Å². The number of nitrogens with one attached hydrogen (secondary N) is 1. The average molecular weight is 610 g/mol. The van der Waals surface area contributed by atoms with E-state index in [0.717, 1.165) is 24.1 Å². The van der Waals surface area contributed by atoms with E-state index in [1.807, 2.05) is 0 Å². The number of non-ortho nitro benzene ring substituents is 1. The molecule has 0 heterocycles. The summed E-state index contributed by atoms with van der Waals surface area (Å²) in [6, 6.07) is 17.3. The molecule has 4 aromatic rings. The number of rotatable bonds is 6. The van der Waals surface area contributed by atoms with Gasteiger partial charge in [-0.1, -0.05) is 12.1 Å². The predicted octanol–water partition coefficient (Wildman–Crippen LogP) is -3.97. The maximum absolute atomic E-state index is 11.1. The zero-order chi connectivity index (χ0) is 28.0. The standard InChI is InChI=1S/C18H14N2O5S.C7H5N3O2.2K/c19-13-4-5-15(21)12-2-1-3-14(16(12)13)20-26-11-7-9(17(22)23)6-10(8-11)18(24)25;8-4-5-3-6(10(11)12)1-2-7(5)9;;/h1-8,20-21H,19H2,(H,22,23)(H,24,25);1-3H,9H2;;/q;;2*+1/p-2. The molecule has 0 radical (unpaired) electrons. The third-order valence-electron chi connectivity index (χ3n) is 5.07. The number of carbonyl (C=O) groups is 2. The van der Waals surface area contributed by atoms with Gasteiger partial charge in [0.05, 0.1) is 28.1 Å². The molecule has 4 rings (SSSR count). The van der Waals surface area contributed by atoms with Crippen molar-refractivity contribution in [3.05, 3.63) is 93.5 Å². The van der Waals surface area contributed by atoms with Crippen LogP contribution in [-0.4, -0.2) is 22.0 Å². The van der Waals surface area contributed by atoms with Crippen LogP contribution in [0, 0.1) is 21.4 Å². The SMILES string of the molecule is N#Cc1cc([N+](=O)[O-])ccc1N.Nc1ccc(O)c2cccc(NSc3cc(C(=O)[O-])cc(C(=O)[O-])c3)c12.[K+].[K+]. The maximum atomic E-state index is 11.1. The van der Waals surface area contributed by atoms with Crippen molar-refractivity contribution in [2.24, 2.45) is 0 Å². The largest absolute Gasteiger partial charge is 1.00 e. The smallest absolute Gasteiger partial charge is 0.545 e. The molecule has 0 unspecified atom stereocenters. The Bertz CT molecular complexity index is 1600. The van der Waals surface area contributed by atoms with Gasteiger partial charge in [0.1, 0.15) is 11.8 Å². The zero-order valence-electron chi connectivity index (χ0n) is 21.2. The van der Waals surface area contributed by atoms with E-state index in [2.05, 4.69) is 4.72 Å². The number of carboxylic acid groups (broad SMARTS) is 2. The number of phenolic OH excluding ortho intramolecular Hbond substituents is 1. The number of aromatic hydroxyl groups is 1. The number of nitro groups is 1. The van der Waals surface area contributed by atoms with Gasteiger partial charge in [0.25, 0.3) is 5.69 Å². The third-order valence-corrected chi connectivity index (χ3v) is 5.87. The molecule has 6 N–H and O–H groups in total. The van der Waals surface area contributed by atoms with Gasteiger partial charge in [-0.05, 0) is 65.5 Å². The number of nitrogen functional groups attached to an aromatic ring is 2. The second-order valence-corrected chi connectivity index (χ2v) is 8.45. The minimum absolute atomic E-state index is 0. The van der Waals surface area contributed by atoms with Crippen LogP contribution < -0.4 is 129 Å². The normalized spacial score (nSPS) is 9.57. The van der Waals surface area contributed by atoms with E-state index in [1.165, 1.54) is 30.3 Å². The fourth-order valence-electron chi connectivity index (χ4n) is 3.27. The molecule has 0 saturated heterocycles. The molecule has 0 aliphatic carbocycles. The summed E-state index contributed by atoms with van der Waals surface area (Å²) in [6.45, 7) is 0. The second-order valence-electron chi connectivity index (χ2n) is 7.57. The van der Waals surface area contributed by atoms with E-state index in [-0.39, 0.29) is 137 Å². The summed E-state index contributed by atoms with van der Waals surface area (Å²) in [6.07, 6.45) is 0. The van der Waals surface area contributed by atoms with Crippen molar-refractivity contribution in [2.45, 2.75) is 4.90 Å². The molecule has 40 heavy (non-hydrogen) atoms. The van der Waals surface area contributed by atoms with Crippen LogP contribution in [0.1, 0.15) is 26.3 Å². The first-order chi connectivity index (χ1) is 18.0. The number of nitro benzene ring substituents is 1. The number of hydrogen-bond acceptors (Lipinski definition) is 12. The number of carbonyl (C=O) groups excluding carboxylic acids is 2. The number of nitriles is 1. The van der Waals surface area contributed by atoms with Crippen molar-refractivity contribution in [3.8, 4) is 11.8 Å². The van der Waals surface area contributed by atoms with E-state index < -0.39 is 16.9 Å². The molecule has 15 heteroatoms. The molecule has 0 aliphatic heterocycles. The minimum Gasteiger partial charge on any atom is -0.545 e. The van der Waals surface area contributed by atoms with Crippen molar-refractivity contribution in [2.75, 3.05) is 16.2 Å². The van der Waals surface area contributed by atoms with Crippen molar-refractivity contribution < 1.29 is 133 Å². The number of phenols is 1. The summed E-state index contributed by atoms with van der Waals surface area (Å²) in [5, 5.41) is 51.9. The summed E-state index contributed by atoms with van der Waals surface area (Å²) in [5.74, 6) is -2.91. The summed E-state index contributed by atoms with van der Waals surface area (Å²) >= 11 is 0.997. The molecule has 0 aromatic heterocycles. The quantitative estimate of drug-likeness (QED) is 0.0409. The third kappa shape index (κ3) is 9.16. The summed E-state index contributed by atoms with van der Waals surface area (Å²) in [5.41, 5.74) is 12.1. The van der Waals surface area contributed by atoms with Gasteiger partial charge in [-0.15, -0.1) is 0 Å². The molecule has 0 atom stereocenters. The van der Waals surface area contributed by atoms with Gasteiger partial charge in [-0.2, -0.15) is 5.26 Å². The predicted molar refractivity (Wildman–Crippen MR) is 137 cm³/mol. The number of fused-ring (bicyclic) bond motifs is 1. The number of hydrogen-bond donors (Lipinski definition) is 4. The Kier molecular flexibility index (Phi) is 14.6. The van der Waals surface area contributed by atoms with Crippen LogP contribution in [0.4, 0.5) is 22.7 Å². The van der Waals surface area contributed by atoms with E-state index in [4.69, 9.17) is 16.7 Å². The number of carboxylic acids is 2. The van der Waals surface area contributed by atoms with Crippen LogP contribution >= 0.6 is 11.9 Å². The Labute approximate surface area is 316 Å². The van der Waals surface area contributed by atoms with E-state index in [0.29, 0.717) is 27.0 Å². The fraction of sp³-hybridized carbons (Fsp3) is 0. The molecule has 0 fully saturated rings. The Balaban J connectivity index is 0.000000486. The zero-order valence-corrected chi connectivity index (χ0v) is 28.3. The number of aromatic carboxylic acids is 2. The van der Waals surface area contributed by atoms with Gasteiger partial charge < -0.3 is 41.1 Å². The Morgan fingerprint density at radius 2 is 1.52 bits per heavy atom. The van der Waals surface area contributed by atoms with Crippen LogP contribution in [0.15, 0.2) is 71.6 Å². The van der Waals surface area contributed by atoms with Crippen molar-refractivity contribution >= 4 is 57.4 Å². The summed E-state index contributed by atoms with van der Waals surface area (Å²) in [4.78, 5) is 32.1. The van der Waals surface area contributed by atoms with Crippen molar-refractivity contribution in [1.82, 2.24) is 0 Å². The van der Waals surface area contributed by atoms with Crippen LogP contribution in [0.3, 0.4) is 0 Å². The monoisotopic (exact) mass is 609 g/mol. The molecule has 0 amide bonds. The first-order valence-corrected chi connectivity index (χ1v) is 11.3. The van der Waals surface area contributed by atoms with Crippen LogP contribution in [0.25, 0.3) is 10.8 Å². The first kappa shape index (κ1) is 35.8. The number of anilines is 3. The molecule has 4 aromatic carbocycles. The molecule has 0 saturated carbocycles. The molecule has 0 spiro atoms. The van der Waals surface area contributed by atoms with Gasteiger partial charge in [0.15, 0.2) is 0 Å². The number of nitrogens with two attached hydrogens (primary N) is 2. The van der Waals surface area contributed by atoms with Gasteiger partial charge in [0.2, 0.25) is 0 Å². The average Bonchev–Trinajstić information content (AvgIpc) is 2.89. The van der Waals surface area contributed by atoms with E-state index in [9.17, 15) is 35.0 Å². The van der Waals surface area contributed by atoms with Gasteiger partial charge in [0, 0.05) is 39.2 Å². The Hall–Kier alpha value is -2.21. The molecule has 0 bridgehead atoms. The summed E-state index contributed by atoms with van der Waals surface area (Å²) in [7, 11) is 0. The molecule has 12 nitrogen and oxygen atoms in total. The Morgan fingerprint density at radius 3 is 2.08 bits per heavy atom. The van der Waals surface area contributed by atoms with Gasteiger partial charge in [-0.3, -0.25) is 10.1 Å².